The van der Waals surface area contributed by atoms with E-state index in [-0.39, 0.29) is 0 Å². The molecule has 0 saturated carbocycles. The molecule has 4 unspecified atom stereocenters. The highest BCUT2D eigenvalue weighted by Crippen LogP contribution is 2.75. The number of benzene rings is 4. The van der Waals surface area contributed by atoms with Crippen molar-refractivity contribution in [1.82, 2.24) is 4.78 Å². The maximum Gasteiger partial charge on any atom is 0.540 e. The molecule has 0 radical (unpaired) electrons. The molecule has 0 aliphatic heterocycles. The van der Waals surface area contributed by atoms with Crippen molar-refractivity contribution >= 4 is 55.2 Å². The van der Waals surface area contributed by atoms with Crippen LogP contribution >= 0.6 is 31.5 Å². The number of hydrogen-bond donors (Lipinski definition) is 0. The Bertz CT molecular complexity index is 1800. The molecule has 4 atom stereocenters. The molecule has 49 heavy (non-hydrogen) atoms. The molecule has 4 rings (SSSR count). The van der Waals surface area contributed by atoms with Gasteiger partial charge in [0.05, 0.1) is 19.8 Å². The zero-order chi connectivity index (χ0) is 35.0. The average molecular weight is 750 g/mol. The van der Waals surface area contributed by atoms with Gasteiger partial charge >= 0.3 is 15.1 Å². The fourth-order valence-corrected chi connectivity index (χ4v) is 8.41. The number of ether oxygens (including phenoxy) is 1. The van der Waals surface area contributed by atoms with Crippen molar-refractivity contribution in [2.24, 2.45) is 9.99 Å². The summed E-state index contributed by atoms with van der Waals surface area (Å²) >= 11 is 5.59. The predicted molar refractivity (Wildman–Crippen MR) is 211 cm³/mol. The van der Waals surface area contributed by atoms with Gasteiger partial charge in [0, 0.05) is 22.7 Å². The van der Waals surface area contributed by atoms with Gasteiger partial charge in [-0.15, -0.1) is 11.0 Å². The SMILES string of the molecule is CC#Cc1ccc(N(CC)CCOc2ccc(O[P+](=S)N(C)/N=C/c3ccc(OP(Oc4ccc(C)cc4)P(P)N=[N+]=[N-])cc3)cc2)cc1. The van der Waals surface area contributed by atoms with Crippen molar-refractivity contribution in [1.29, 1.82) is 0 Å². The minimum Gasteiger partial charge on any atom is -0.492 e. The van der Waals surface area contributed by atoms with Gasteiger partial charge in [0.1, 0.15) is 31.3 Å². The quantitative estimate of drug-likeness (QED) is 0.0201. The smallest absolute Gasteiger partial charge is 0.492 e. The fraction of sp³-hybridized carbons (Fsp3) is 0.206. The summed E-state index contributed by atoms with van der Waals surface area (Å²) in [7, 11) is 0.0312. The second kappa shape index (κ2) is 19.9. The van der Waals surface area contributed by atoms with Gasteiger partial charge in [0.25, 0.3) is 0 Å². The molecule has 15 heteroatoms. The zero-order valence-corrected chi connectivity index (χ0v) is 32.2. The van der Waals surface area contributed by atoms with Crippen LogP contribution < -0.4 is 23.2 Å². The van der Waals surface area contributed by atoms with Crippen molar-refractivity contribution < 1.29 is 18.3 Å². The van der Waals surface area contributed by atoms with Crippen LogP contribution in [0, 0.1) is 18.8 Å². The first-order chi connectivity index (χ1) is 23.8. The lowest BCUT2D eigenvalue weighted by atomic mass is 10.2. The molecule has 252 valence electrons. The summed E-state index contributed by atoms with van der Waals surface area (Å²) < 4.78 is 25.7. The van der Waals surface area contributed by atoms with Gasteiger partial charge in [-0.25, -0.2) is 0 Å². The third-order valence-corrected chi connectivity index (χ3v) is 13.6. The van der Waals surface area contributed by atoms with E-state index in [0.29, 0.717) is 23.9 Å². The molecular weight excluding hydrogens is 712 g/mol. The molecule has 0 spiro atoms. The Balaban J connectivity index is 1.25. The van der Waals surface area contributed by atoms with Crippen LogP contribution in [0.4, 0.5) is 5.69 Å². The van der Waals surface area contributed by atoms with E-state index in [9.17, 15) is 0 Å². The Morgan fingerprint density at radius 2 is 1.51 bits per heavy atom. The van der Waals surface area contributed by atoms with E-state index >= 15 is 0 Å². The van der Waals surface area contributed by atoms with Crippen molar-refractivity contribution in [2.45, 2.75) is 20.8 Å². The van der Waals surface area contributed by atoms with Gasteiger partial charge in [-0.2, -0.15) is 0 Å². The van der Waals surface area contributed by atoms with Crippen molar-refractivity contribution in [3.63, 3.8) is 0 Å². The van der Waals surface area contributed by atoms with E-state index in [0.717, 1.165) is 41.2 Å². The van der Waals surface area contributed by atoms with E-state index in [1.54, 1.807) is 18.0 Å². The summed E-state index contributed by atoms with van der Waals surface area (Å²) in [6.45, 7) is 8.13. The van der Waals surface area contributed by atoms with Crippen molar-refractivity contribution in [3.05, 3.63) is 124 Å². The molecule has 0 aliphatic rings. The second-order valence-electron chi connectivity index (χ2n) is 10.2. The van der Waals surface area contributed by atoms with E-state index < -0.39 is 22.6 Å². The average Bonchev–Trinajstić information content (AvgIpc) is 3.11. The normalized spacial score (nSPS) is 12.1. The first kappa shape index (κ1) is 37.8. The Morgan fingerprint density at radius 1 is 0.918 bits per heavy atom. The first-order valence-electron chi connectivity index (χ1n) is 15.1. The number of nitrogens with zero attached hydrogens (tertiary/aromatic N) is 6. The van der Waals surface area contributed by atoms with Crippen LogP contribution in [-0.2, 0) is 11.8 Å². The molecule has 0 N–H and O–H groups in total. The summed E-state index contributed by atoms with van der Waals surface area (Å²) in [6, 6.07) is 30.7. The standard InChI is InChI=1S/C34H37N6O4P4S/c1-5-7-28-10-14-30(15-11-28)40(6-2)24-25-41-31-20-22-32(23-21-31)42-47(49)39(4)36-26-29-12-18-34(19-13-29)44-48(46(45)38-37-35)43-33-16-8-27(3)9-17-33/h8-23,26H,6,24-25,45H2,1-4H3/q+1/b36-26+. The van der Waals surface area contributed by atoms with Crippen molar-refractivity contribution in [2.75, 3.05) is 31.6 Å². The third-order valence-electron chi connectivity index (χ3n) is 6.70. The summed E-state index contributed by atoms with van der Waals surface area (Å²) in [6.07, 6.45) is 1.70. The Morgan fingerprint density at radius 3 is 2.10 bits per heavy atom. The largest absolute Gasteiger partial charge is 0.540 e. The van der Waals surface area contributed by atoms with Gasteiger partial charge in [0.2, 0.25) is 11.8 Å². The molecule has 4 aromatic rings. The first-order valence-corrected chi connectivity index (χ1v) is 22.2. The molecule has 0 bridgehead atoms. The monoisotopic (exact) mass is 749 g/mol. The number of likely N-dealkylation sites (N-methyl/N-ethyl adjacent to an activating group) is 1. The molecule has 10 nitrogen and oxygen atoms in total. The molecule has 0 heterocycles. The molecule has 0 aromatic heterocycles. The highest BCUT2D eigenvalue weighted by Gasteiger charge is 2.24. The summed E-state index contributed by atoms with van der Waals surface area (Å²) in [5, 5.41) is 4.47. The van der Waals surface area contributed by atoms with Gasteiger partial charge in [-0.3, -0.25) is 4.52 Å². The highest BCUT2D eigenvalue weighted by molar-refractivity contribution is 8.50. The number of hydrazone groups is 1. The zero-order valence-electron chi connectivity index (χ0n) is 27.6. The van der Waals surface area contributed by atoms with Crippen LogP contribution in [0.5, 0.6) is 23.0 Å². The third kappa shape index (κ3) is 12.5. The second-order valence-corrected chi connectivity index (χ2v) is 19.0. The topological polar surface area (TPSA) is 105 Å². The molecular formula is C34H37N6O4P4S+. The molecule has 0 amide bonds. The Kier molecular flexibility index (Phi) is 15.4. The van der Waals surface area contributed by atoms with E-state index in [4.69, 9.17) is 35.6 Å². The maximum absolute atomic E-state index is 8.94. The van der Waals surface area contributed by atoms with Crippen LogP contribution in [0.1, 0.15) is 30.5 Å². The number of rotatable bonds is 17. The van der Waals surface area contributed by atoms with E-state index in [2.05, 4.69) is 59.6 Å². The van der Waals surface area contributed by atoms with Gasteiger partial charge in [-0.1, -0.05) is 42.2 Å². The predicted octanol–water partition coefficient (Wildman–Crippen LogP) is 10.6. The Labute approximate surface area is 298 Å². The van der Waals surface area contributed by atoms with Crippen LogP contribution in [0.25, 0.3) is 10.4 Å². The van der Waals surface area contributed by atoms with Crippen LogP contribution in [0.15, 0.2) is 107 Å². The fourth-order valence-electron chi connectivity index (χ4n) is 4.15. The summed E-state index contributed by atoms with van der Waals surface area (Å²) in [4.78, 5) is 9.01. The molecule has 4 aromatic carbocycles. The number of aryl methyl sites for hydroxylation is 1. The Hall–Kier alpha value is -3.97. The summed E-state index contributed by atoms with van der Waals surface area (Å²) in [5.41, 5.74) is 13.0. The van der Waals surface area contributed by atoms with Crippen molar-refractivity contribution in [3.8, 4) is 34.8 Å². The lowest BCUT2D eigenvalue weighted by Gasteiger charge is -2.23. The van der Waals surface area contributed by atoms with Crippen LogP contribution in [0.2, 0.25) is 0 Å². The van der Waals surface area contributed by atoms with Gasteiger partial charge < -0.3 is 18.7 Å². The van der Waals surface area contributed by atoms with Gasteiger partial charge in [-0.05, 0) is 117 Å². The minimum atomic E-state index is -1.55. The van der Waals surface area contributed by atoms with E-state index in [1.165, 1.54) is 0 Å². The molecule has 0 fully saturated rings. The van der Waals surface area contributed by atoms with Crippen LogP contribution in [-0.4, -0.2) is 37.7 Å². The molecule has 0 saturated heterocycles. The van der Waals surface area contributed by atoms with E-state index in [1.807, 2.05) is 98.8 Å². The van der Waals surface area contributed by atoms with Crippen LogP contribution in [0.3, 0.4) is 0 Å². The number of hydrogen-bond acceptors (Lipinski definition) is 8. The lowest BCUT2D eigenvalue weighted by molar-refractivity contribution is 0.324. The lowest BCUT2D eigenvalue weighted by Crippen LogP contribution is -2.28. The summed E-state index contributed by atoms with van der Waals surface area (Å²) in [5.74, 6) is 8.63. The minimum absolute atomic E-state index is 0.542. The maximum atomic E-state index is 8.94. The number of azide groups is 1. The van der Waals surface area contributed by atoms with Gasteiger partial charge in [0.15, 0.2) is 5.75 Å². The highest BCUT2D eigenvalue weighted by atomic mass is 32.4. The number of anilines is 1. The molecule has 0 aliphatic carbocycles.